The summed E-state index contributed by atoms with van der Waals surface area (Å²) in [5.41, 5.74) is 14.3. The quantitative estimate of drug-likeness (QED) is 0.321. The van der Waals surface area contributed by atoms with Crippen LogP contribution in [0.1, 0.15) is 47.7 Å². The number of hydrogen-bond acceptors (Lipinski definition) is 10. The van der Waals surface area contributed by atoms with Crippen molar-refractivity contribution in [2.75, 3.05) is 32.8 Å². The molecule has 0 radical (unpaired) electrons. The molecule has 2 aromatic carbocycles. The Bertz CT molecular complexity index is 1500. The predicted molar refractivity (Wildman–Crippen MR) is 152 cm³/mol. The van der Waals surface area contributed by atoms with Crippen LogP contribution in [0.25, 0.3) is 6.08 Å². The topological polar surface area (TPSA) is 155 Å². The predicted octanol–water partition coefficient (Wildman–Crippen LogP) is 3.38. The summed E-state index contributed by atoms with van der Waals surface area (Å²) in [5.74, 6) is 0.378. The SMILES string of the molecule is COC(=O)C(C)(C)C1c2ccccc2C=NN1C(=O)/C=C/c1cc(Cc2cnc(N)nc2N)cc(OC)c1OC. The summed E-state index contributed by atoms with van der Waals surface area (Å²) in [6.45, 7) is 3.46. The van der Waals surface area contributed by atoms with Crippen molar-refractivity contribution in [2.45, 2.75) is 26.3 Å². The highest BCUT2D eigenvalue weighted by Gasteiger charge is 2.46. The van der Waals surface area contributed by atoms with E-state index >= 15 is 0 Å². The number of benzene rings is 2. The molecule has 0 saturated carbocycles. The van der Waals surface area contributed by atoms with Crippen LogP contribution in [0.3, 0.4) is 0 Å². The summed E-state index contributed by atoms with van der Waals surface area (Å²) in [5, 5.41) is 5.72. The Morgan fingerprint density at radius 1 is 1.10 bits per heavy atom. The van der Waals surface area contributed by atoms with Crippen LogP contribution >= 0.6 is 0 Å². The fraction of sp³-hybridized carbons (Fsp3) is 0.276. The first-order chi connectivity index (χ1) is 19.1. The van der Waals surface area contributed by atoms with Gasteiger partial charge in [0.1, 0.15) is 5.82 Å². The maximum atomic E-state index is 13.6. The number of esters is 1. The van der Waals surface area contributed by atoms with Crippen LogP contribution in [-0.4, -0.2) is 54.4 Å². The number of nitrogens with two attached hydrogens (primary N) is 2. The van der Waals surface area contributed by atoms with Gasteiger partial charge in [-0.15, -0.1) is 0 Å². The number of carbonyl (C=O) groups is 2. The second-order valence-electron chi connectivity index (χ2n) is 9.74. The van der Waals surface area contributed by atoms with Crippen LogP contribution in [0.15, 0.2) is 53.8 Å². The van der Waals surface area contributed by atoms with Crippen molar-refractivity contribution < 1.29 is 23.8 Å². The number of amides is 1. The molecule has 11 heteroatoms. The molecule has 0 fully saturated rings. The zero-order chi connectivity index (χ0) is 29.0. The summed E-state index contributed by atoms with van der Waals surface area (Å²) in [4.78, 5) is 34.4. The van der Waals surface area contributed by atoms with Gasteiger partial charge >= 0.3 is 5.97 Å². The van der Waals surface area contributed by atoms with Crippen LogP contribution < -0.4 is 20.9 Å². The van der Waals surface area contributed by atoms with Crippen LogP contribution in [0.4, 0.5) is 11.8 Å². The largest absolute Gasteiger partial charge is 0.493 e. The summed E-state index contributed by atoms with van der Waals surface area (Å²) >= 11 is 0. The van der Waals surface area contributed by atoms with Crippen molar-refractivity contribution in [1.82, 2.24) is 15.0 Å². The van der Waals surface area contributed by atoms with Crippen molar-refractivity contribution in [2.24, 2.45) is 10.5 Å². The van der Waals surface area contributed by atoms with Crippen LogP contribution in [0, 0.1) is 5.41 Å². The molecule has 2 heterocycles. The lowest BCUT2D eigenvalue weighted by atomic mass is 9.78. The van der Waals surface area contributed by atoms with E-state index < -0.39 is 23.3 Å². The lowest BCUT2D eigenvalue weighted by molar-refractivity contribution is -0.157. The van der Waals surface area contributed by atoms with Crippen LogP contribution in [-0.2, 0) is 20.7 Å². The first kappa shape index (κ1) is 28.1. The Morgan fingerprint density at radius 3 is 2.52 bits per heavy atom. The maximum Gasteiger partial charge on any atom is 0.313 e. The first-order valence-electron chi connectivity index (χ1n) is 12.4. The maximum absolute atomic E-state index is 13.6. The lowest BCUT2D eigenvalue weighted by Crippen LogP contribution is -2.45. The molecule has 11 nitrogen and oxygen atoms in total. The van der Waals surface area contributed by atoms with E-state index in [1.54, 1.807) is 32.3 Å². The number of aromatic nitrogens is 2. The van der Waals surface area contributed by atoms with Gasteiger partial charge in [-0.2, -0.15) is 10.1 Å². The second-order valence-corrected chi connectivity index (χ2v) is 9.74. The zero-order valence-corrected chi connectivity index (χ0v) is 23.0. The van der Waals surface area contributed by atoms with Gasteiger partial charge in [0, 0.05) is 29.8 Å². The third-order valence-electron chi connectivity index (χ3n) is 6.76. The highest BCUT2D eigenvalue weighted by atomic mass is 16.5. The van der Waals surface area contributed by atoms with Gasteiger partial charge in [0.05, 0.1) is 39.0 Å². The Balaban J connectivity index is 1.71. The Hall–Kier alpha value is -4.93. The number of nitrogen functional groups attached to an aromatic ring is 2. The van der Waals surface area contributed by atoms with Gasteiger partial charge in [-0.25, -0.2) is 9.99 Å². The molecule has 1 aliphatic rings. The molecule has 208 valence electrons. The van der Waals surface area contributed by atoms with Crippen molar-refractivity contribution >= 4 is 35.9 Å². The van der Waals surface area contributed by atoms with Gasteiger partial charge < -0.3 is 25.7 Å². The number of hydrogen-bond donors (Lipinski definition) is 2. The summed E-state index contributed by atoms with van der Waals surface area (Å²) < 4.78 is 16.2. The van der Waals surface area contributed by atoms with Gasteiger partial charge in [0.25, 0.3) is 5.91 Å². The Kier molecular flexibility index (Phi) is 8.03. The fourth-order valence-electron chi connectivity index (χ4n) is 4.76. The van der Waals surface area contributed by atoms with E-state index in [9.17, 15) is 9.59 Å². The van der Waals surface area contributed by atoms with Crippen LogP contribution in [0.5, 0.6) is 11.5 Å². The third kappa shape index (κ3) is 5.44. The molecule has 0 aliphatic carbocycles. The van der Waals surface area contributed by atoms with Gasteiger partial charge in [-0.3, -0.25) is 9.59 Å². The normalized spacial score (nSPS) is 14.6. The Morgan fingerprint density at radius 2 is 1.85 bits per heavy atom. The fourth-order valence-corrected chi connectivity index (χ4v) is 4.76. The van der Waals surface area contributed by atoms with Gasteiger partial charge in [0.15, 0.2) is 11.5 Å². The molecule has 3 aromatic rings. The molecular weight excluding hydrogens is 512 g/mol. The van der Waals surface area contributed by atoms with E-state index in [0.29, 0.717) is 29.0 Å². The molecule has 1 aliphatic heterocycles. The van der Waals surface area contributed by atoms with Crippen molar-refractivity contribution in [3.05, 3.63) is 76.5 Å². The molecule has 1 atom stereocenters. The van der Waals surface area contributed by atoms with E-state index in [2.05, 4.69) is 15.1 Å². The molecule has 1 amide bonds. The van der Waals surface area contributed by atoms with Crippen LogP contribution in [0.2, 0.25) is 0 Å². The smallest absolute Gasteiger partial charge is 0.313 e. The van der Waals surface area contributed by atoms with E-state index in [-0.39, 0.29) is 11.8 Å². The molecule has 4 rings (SSSR count). The molecule has 40 heavy (non-hydrogen) atoms. The lowest BCUT2D eigenvalue weighted by Gasteiger charge is -2.39. The summed E-state index contributed by atoms with van der Waals surface area (Å²) in [6, 6.07) is 10.5. The number of hydrazone groups is 1. The molecular formula is C29H32N6O5. The van der Waals surface area contributed by atoms with E-state index in [1.807, 2.05) is 36.4 Å². The van der Waals surface area contributed by atoms with E-state index in [1.165, 1.54) is 32.4 Å². The minimum atomic E-state index is -1.09. The number of rotatable bonds is 8. The summed E-state index contributed by atoms with van der Waals surface area (Å²) in [7, 11) is 4.37. The van der Waals surface area contributed by atoms with E-state index in [4.69, 9.17) is 25.7 Å². The van der Waals surface area contributed by atoms with Gasteiger partial charge in [-0.05, 0) is 48.7 Å². The molecule has 0 spiro atoms. The van der Waals surface area contributed by atoms with Crippen molar-refractivity contribution in [3.8, 4) is 11.5 Å². The molecule has 0 bridgehead atoms. The molecule has 0 saturated heterocycles. The number of anilines is 2. The minimum absolute atomic E-state index is 0.0902. The average Bonchev–Trinajstić information content (AvgIpc) is 2.95. The van der Waals surface area contributed by atoms with Crippen molar-refractivity contribution in [1.29, 1.82) is 0 Å². The third-order valence-corrected chi connectivity index (χ3v) is 6.76. The highest BCUT2D eigenvalue weighted by molar-refractivity contribution is 5.96. The zero-order valence-electron chi connectivity index (χ0n) is 23.0. The number of carbonyl (C=O) groups excluding carboxylic acids is 2. The number of methoxy groups -OCH3 is 3. The average molecular weight is 545 g/mol. The van der Waals surface area contributed by atoms with E-state index in [0.717, 1.165) is 16.7 Å². The summed E-state index contributed by atoms with van der Waals surface area (Å²) in [6.07, 6.45) is 6.57. The number of ether oxygens (including phenoxy) is 3. The van der Waals surface area contributed by atoms with Gasteiger partial charge in [0.2, 0.25) is 5.95 Å². The number of fused-ring (bicyclic) bond motifs is 1. The van der Waals surface area contributed by atoms with Gasteiger partial charge in [-0.1, -0.05) is 24.3 Å². The monoisotopic (exact) mass is 544 g/mol. The molecule has 1 aromatic heterocycles. The first-order valence-corrected chi connectivity index (χ1v) is 12.4. The molecule has 1 unspecified atom stereocenters. The molecule has 4 N–H and O–H groups in total. The standard InChI is InChI=1S/C29H32N6O5/c1-29(2,27(37)40-5)25-21-9-7-6-8-19(21)16-33-35(25)23(36)11-10-18-12-17(14-22(38-3)24(18)39-4)13-20-15-32-28(31)34-26(20)30/h6-12,14-16,25H,13H2,1-5H3,(H4,30,31,32,34)/b11-10+. The highest BCUT2D eigenvalue weighted by Crippen LogP contribution is 2.43. The second kappa shape index (κ2) is 11.4. The number of nitrogens with zero attached hydrogens (tertiary/aromatic N) is 4. The van der Waals surface area contributed by atoms with Crippen molar-refractivity contribution in [3.63, 3.8) is 0 Å². The Labute approximate surface area is 232 Å². The minimum Gasteiger partial charge on any atom is -0.493 e.